The van der Waals surface area contributed by atoms with Crippen molar-refractivity contribution in [3.8, 4) is 11.5 Å². The summed E-state index contributed by atoms with van der Waals surface area (Å²) >= 11 is 0. The molecule has 4 nitrogen and oxygen atoms in total. The lowest BCUT2D eigenvalue weighted by atomic mass is 10.1. The highest BCUT2D eigenvalue weighted by Crippen LogP contribution is 2.34. The first-order valence-corrected chi connectivity index (χ1v) is 6.26. The summed E-state index contributed by atoms with van der Waals surface area (Å²) in [4.78, 5) is 0. The molecule has 0 saturated carbocycles. The second kappa shape index (κ2) is 5.20. The Labute approximate surface area is 112 Å². The molecule has 3 N–H and O–H groups in total. The topological polar surface area (TPSA) is 56.5 Å². The molecule has 0 aliphatic carbocycles. The van der Waals surface area contributed by atoms with Crippen molar-refractivity contribution in [1.29, 1.82) is 0 Å². The first-order valence-electron chi connectivity index (χ1n) is 6.26. The standard InChI is InChI=1S/C15H16N2O2/c16-8-11-1-3-12(4-2-11)9-17-13-5-6-14-15(7-13)19-10-18-14/h1-7,17H,8-10,16H2. The second-order valence-corrected chi connectivity index (χ2v) is 4.44. The zero-order chi connectivity index (χ0) is 13.1. The number of hydrogen-bond acceptors (Lipinski definition) is 4. The van der Waals surface area contributed by atoms with Gasteiger partial charge in [-0.2, -0.15) is 0 Å². The Morgan fingerprint density at radius 1 is 0.947 bits per heavy atom. The van der Waals surface area contributed by atoms with Crippen LogP contribution in [0.25, 0.3) is 0 Å². The van der Waals surface area contributed by atoms with Crippen LogP contribution >= 0.6 is 0 Å². The minimum Gasteiger partial charge on any atom is -0.454 e. The first-order chi connectivity index (χ1) is 9.35. The number of benzene rings is 2. The average molecular weight is 256 g/mol. The van der Waals surface area contributed by atoms with Crippen LogP contribution < -0.4 is 20.5 Å². The van der Waals surface area contributed by atoms with Gasteiger partial charge in [-0.25, -0.2) is 0 Å². The number of nitrogens with one attached hydrogen (secondary N) is 1. The third-order valence-corrected chi connectivity index (χ3v) is 3.13. The number of fused-ring (bicyclic) bond motifs is 1. The molecule has 1 aliphatic heterocycles. The van der Waals surface area contributed by atoms with Gasteiger partial charge in [-0.1, -0.05) is 24.3 Å². The number of rotatable bonds is 4. The lowest BCUT2D eigenvalue weighted by Gasteiger charge is -2.08. The van der Waals surface area contributed by atoms with Crippen LogP contribution in [0.5, 0.6) is 11.5 Å². The van der Waals surface area contributed by atoms with Crippen LogP contribution in [0.2, 0.25) is 0 Å². The minimum atomic E-state index is 0.305. The van der Waals surface area contributed by atoms with Gasteiger partial charge < -0.3 is 20.5 Å². The van der Waals surface area contributed by atoms with Crippen molar-refractivity contribution in [3.05, 3.63) is 53.6 Å². The van der Waals surface area contributed by atoms with Crippen molar-refractivity contribution in [2.24, 2.45) is 5.73 Å². The molecule has 0 spiro atoms. The first kappa shape index (κ1) is 11.9. The molecule has 2 aromatic carbocycles. The van der Waals surface area contributed by atoms with E-state index in [-0.39, 0.29) is 0 Å². The predicted octanol–water partition coefficient (Wildman–Crippen LogP) is 2.49. The van der Waals surface area contributed by atoms with E-state index in [1.807, 2.05) is 18.2 Å². The van der Waals surface area contributed by atoms with E-state index in [2.05, 4.69) is 29.6 Å². The highest BCUT2D eigenvalue weighted by Gasteiger charge is 2.12. The maximum absolute atomic E-state index is 5.58. The fourth-order valence-corrected chi connectivity index (χ4v) is 2.00. The number of anilines is 1. The van der Waals surface area contributed by atoms with E-state index in [1.54, 1.807) is 0 Å². The van der Waals surface area contributed by atoms with Crippen LogP contribution in [-0.4, -0.2) is 6.79 Å². The molecule has 98 valence electrons. The summed E-state index contributed by atoms with van der Waals surface area (Å²) in [5, 5.41) is 3.36. The molecule has 0 aromatic heterocycles. The normalized spacial score (nSPS) is 12.5. The quantitative estimate of drug-likeness (QED) is 0.882. The molecule has 0 fully saturated rings. The molecule has 4 heteroatoms. The summed E-state index contributed by atoms with van der Waals surface area (Å²) in [6, 6.07) is 14.1. The molecule has 3 rings (SSSR count). The van der Waals surface area contributed by atoms with Crippen molar-refractivity contribution in [2.45, 2.75) is 13.1 Å². The summed E-state index contributed by atoms with van der Waals surface area (Å²) in [6.07, 6.45) is 0. The fourth-order valence-electron chi connectivity index (χ4n) is 2.00. The molecule has 19 heavy (non-hydrogen) atoms. The van der Waals surface area contributed by atoms with E-state index in [9.17, 15) is 0 Å². The van der Waals surface area contributed by atoms with Gasteiger partial charge in [-0.3, -0.25) is 0 Å². The predicted molar refractivity (Wildman–Crippen MR) is 74.2 cm³/mol. The van der Waals surface area contributed by atoms with Gasteiger partial charge in [0.2, 0.25) is 6.79 Å². The smallest absolute Gasteiger partial charge is 0.231 e. The molecule has 0 saturated heterocycles. The van der Waals surface area contributed by atoms with Gasteiger partial charge in [0.05, 0.1) is 0 Å². The Balaban J connectivity index is 1.65. The van der Waals surface area contributed by atoms with Crippen LogP contribution in [0.15, 0.2) is 42.5 Å². The summed E-state index contributed by atoms with van der Waals surface area (Å²) in [5.41, 5.74) is 8.96. The zero-order valence-electron chi connectivity index (χ0n) is 10.6. The summed E-state index contributed by atoms with van der Waals surface area (Å²) in [6.45, 7) is 1.65. The number of nitrogens with two attached hydrogens (primary N) is 1. The Kier molecular flexibility index (Phi) is 3.25. The summed E-state index contributed by atoms with van der Waals surface area (Å²) < 4.78 is 10.6. The molecule has 0 radical (unpaired) electrons. The van der Waals surface area contributed by atoms with Gasteiger partial charge >= 0.3 is 0 Å². The van der Waals surface area contributed by atoms with Crippen molar-refractivity contribution in [3.63, 3.8) is 0 Å². The SMILES string of the molecule is NCc1ccc(CNc2ccc3c(c2)OCO3)cc1. The highest BCUT2D eigenvalue weighted by atomic mass is 16.7. The highest BCUT2D eigenvalue weighted by molar-refractivity contribution is 5.55. The zero-order valence-corrected chi connectivity index (χ0v) is 10.6. The fraction of sp³-hybridized carbons (Fsp3) is 0.200. The molecule has 1 aliphatic rings. The molecule has 1 heterocycles. The van der Waals surface area contributed by atoms with Gasteiger partial charge in [0.15, 0.2) is 11.5 Å². The number of ether oxygens (including phenoxy) is 2. The lowest BCUT2D eigenvalue weighted by molar-refractivity contribution is 0.174. The van der Waals surface area contributed by atoms with Crippen molar-refractivity contribution >= 4 is 5.69 Å². The number of hydrogen-bond donors (Lipinski definition) is 2. The molecule has 0 amide bonds. The van der Waals surface area contributed by atoms with Gasteiger partial charge in [0, 0.05) is 24.8 Å². The largest absolute Gasteiger partial charge is 0.454 e. The van der Waals surface area contributed by atoms with Crippen LogP contribution in [0.3, 0.4) is 0 Å². The summed E-state index contributed by atoms with van der Waals surface area (Å²) in [7, 11) is 0. The Morgan fingerprint density at radius 3 is 2.47 bits per heavy atom. The molecule has 0 bridgehead atoms. The van der Waals surface area contributed by atoms with Crippen LogP contribution in [0.1, 0.15) is 11.1 Å². The van der Waals surface area contributed by atoms with E-state index in [1.165, 1.54) is 5.56 Å². The maximum Gasteiger partial charge on any atom is 0.231 e. The van der Waals surface area contributed by atoms with Crippen molar-refractivity contribution in [1.82, 2.24) is 0 Å². The third kappa shape index (κ3) is 2.63. The average Bonchev–Trinajstić information content (AvgIpc) is 2.93. The van der Waals surface area contributed by atoms with E-state index >= 15 is 0 Å². The Bertz CT molecular complexity index is 567. The molecular formula is C15H16N2O2. The molecule has 0 atom stereocenters. The van der Waals surface area contributed by atoms with Crippen molar-refractivity contribution in [2.75, 3.05) is 12.1 Å². The van der Waals surface area contributed by atoms with E-state index < -0.39 is 0 Å². The summed E-state index contributed by atoms with van der Waals surface area (Å²) in [5.74, 6) is 1.60. The third-order valence-electron chi connectivity index (χ3n) is 3.13. The minimum absolute atomic E-state index is 0.305. The van der Waals surface area contributed by atoms with Crippen LogP contribution in [0, 0.1) is 0 Å². The monoisotopic (exact) mass is 256 g/mol. The van der Waals surface area contributed by atoms with Gasteiger partial charge in [-0.15, -0.1) is 0 Å². The maximum atomic E-state index is 5.58. The van der Waals surface area contributed by atoms with Gasteiger partial charge in [-0.05, 0) is 23.3 Å². The van der Waals surface area contributed by atoms with E-state index in [4.69, 9.17) is 15.2 Å². The van der Waals surface area contributed by atoms with Gasteiger partial charge in [0.25, 0.3) is 0 Å². The van der Waals surface area contributed by atoms with Crippen LogP contribution in [-0.2, 0) is 13.1 Å². The van der Waals surface area contributed by atoms with Gasteiger partial charge in [0.1, 0.15) is 0 Å². The van der Waals surface area contributed by atoms with E-state index in [0.717, 1.165) is 29.3 Å². The lowest BCUT2D eigenvalue weighted by Crippen LogP contribution is -2.00. The molecule has 0 unspecified atom stereocenters. The molecule has 2 aromatic rings. The second-order valence-electron chi connectivity index (χ2n) is 4.44. The van der Waals surface area contributed by atoms with E-state index in [0.29, 0.717) is 13.3 Å². The van der Waals surface area contributed by atoms with Crippen molar-refractivity contribution < 1.29 is 9.47 Å². The Morgan fingerprint density at radius 2 is 1.68 bits per heavy atom. The Hall–Kier alpha value is -2.20. The van der Waals surface area contributed by atoms with Crippen LogP contribution in [0.4, 0.5) is 5.69 Å². The molecular weight excluding hydrogens is 240 g/mol.